The Labute approximate surface area is 200 Å². The topological polar surface area (TPSA) is 121 Å². The van der Waals surface area contributed by atoms with Crippen molar-refractivity contribution in [2.45, 2.75) is 23.3 Å². The van der Waals surface area contributed by atoms with Crippen LogP contribution in [0.25, 0.3) is 6.08 Å². The van der Waals surface area contributed by atoms with Crippen molar-refractivity contribution in [3.63, 3.8) is 0 Å². The van der Waals surface area contributed by atoms with Gasteiger partial charge in [0.15, 0.2) is 15.8 Å². The van der Waals surface area contributed by atoms with Crippen molar-refractivity contribution >= 4 is 46.1 Å². The highest BCUT2D eigenvalue weighted by atomic mass is 32.2. The molecule has 0 aliphatic carbocycles. The molecule has 2 N–H and O–H groups in total. The summed E-state index contributed by atoms with van der Waals surface area (Å²) in [5.41, 5.74) is 0.696. The van der Waals surface area contributed by atoms with Crippen molar-refractivity contribution < 1.29 is 28.5 Å². The molecule has 2 aromatic rings. The van der Waals surface area contributed by atoms with Crippen molar-refractivity contribution in [3.8, 4) is 17.2 Å². The molecule has 2 heterocycles. The van der Waals surface area contributed by atoms with Gasteiger partial charge >= 0.3 is 0 Å². The summed E-state index contributed by atoms with van der Waals surface area (Å²) in [5.74, 6) is 1.21. The van der Waals surface area contributed by atoms with E-state index >= 15 is 0 Å². The average Bonchev–Trinajstić information content (AvgIpc) is 3.51. The number of amides is 2. The van der Waals surface area contributed by atoms with Gasteiger partial charge in [-0.3, -0.25) is 14.9 Å². The Morgan fingerprint density at radius 1 is 1.21 bits per heavy atom. The Hall–Kier alpha value is -2.83. The fourth-order valence-corrected chi connectivity index (χ4v) is 4.63. The predicted octanol–water partition coefficient (Wildman–Crippen LogP) is 2.60. The Morgan fingerprint density at radius 2 is 1.97 bits per heavy atom. The maximum Gasteiger partial charge on any atom is 0.250 e. The molecule has 0 radical (unpaired) electrons. The molecule has 1 aromatic heterocycles. The molecule has 3 rings (SSSR count). The van der Waals surface area contributed by atoms with Gasteiger partial charge in [-0.25, -0.2) is 0 Å². The van der Waals surface area contributed by atoms with Gasteiger partial charge in [0, 0.05) is 19.2 Å². The fourth-order valence-electron chi connectivity index (χ4n) is 3.05. The van der Waals surface area contributed by atoms with Crippen LogP contribution < -0.4 is 24.8 Å². The van der Waals surface area contributed by atoms with Crippen LogP contribution in [0.3, 0.4) is 0 Å². The van der Waals surface area contributed by atoms with E-state index in [2.05, 4.69) is 20.8 Å². The minimum Gasteiger partial charge on any atom is -0.493 e. The zero-order valence-corrected chi connectivity index (χ0v) is 20.2. The Bertz CT molecular complexity index is 966. The molecule has 1 unspecified atom stereocenters. The second kappa shape index (κ2) is 12.4. The van der Waals surface area contributed by atoms with Crippen LogP contribution >= 0.6 is 23.1 Å². The number of ether oxygens (including phenoxy) is 4. The number of anilines is 1. The molecule has 33 heavy (non-hydrogen) atoms. The second-order valence-corrected chi connectivity index (χ2v) is 9.08. The smallest absolute Gasteiger partial charge is 0.250 e. The van der Waals surface area contributed by atoms with Crippen LogP contribution in [0.5, 0.6) is 17.2 Å². The predicted molar refractivity (Wildman–Crippen MR) is 126 cm³/mol. The number of nitrogens with one attached hydrogen (secondary N) is 2. The molecule has 178 valence electrons. The zero-order chi connectivity index (χ0) is 23.6. The van der Waals surface area contributed by atoms with Gasteiger partial charge in [0.25, 0.3) is 0 Å². The standard InChI is InChI=1S/C21H26N4O6S2/c1-28-15-9-13(10-16(29-2)19(15)30-3)6-7-17(26)23-20-24-25-21(33-20)32-12-18(27)22-11-14-5-4-8-31-14/h6-7,9-10,14H,4-5,8,11-12H2,1-3H3,(H,22,27)(H,23,24,26). The lowest BCUT2D eigenvalue weighted by molar-refractivity contribution is -0.119. The number of hydrogen-bond acceptors (Lipinski definition) is 10. The van der Waals surface area contributed by atoms with Gasteiger partial charge in [0.05, 0.1) is 33.2 Å². The molecule has 1 aliphatic rings. The fraction of sp³-hybridized carbons (Fsp3) is 0.429. The minimum absolute atomic E-state index is 0.0930. The Morgan fingerprint density at radius 3 is 2.61 bits per heavy atom. The number of thioether (sulfide) groups is 1. The van der Waals surface area contributed by atoms with Crippen molar-refractivity contribution in [3.05, 3.63) is 23.8 Å². The number of hydrogen-bond donors (Lipinski definition) is 2. The molecule has 0 saturated carbocycles. The summed E-state index contributed by atoms with van der Waals surface area (Å²) in [6.45, 7) is 1.28. The maximum atomic E-state index is 12.3. The normalized spacial score (nSPS) is 15.4. The molecule has 10 nitrogen and oxygen atoms in total. The zero-order valence-electron chi connectivity index (χ0n) is 18.6. The number of nitrogens with zero attached hydrogens (tertiary/aromatic N) is 2. The summed E-state index contributed by atoms with van der Waals surface area (Å²) in [4.78, 5) is 24.2. The third-order valence-corrected chi connectivity index (χ3v) is 6.60. The molecule has 2 amide bonds. The molecule has 1 aliphatic heterocycles. The van der Waals surface area contributed by atoms with Crippen LogP contribution in [0.15, 0.2) is 22.5 Å². The van der Waals surface area contributed by atoms with Gasteiger partial charge in [-0.1, -0.05) is 23.1 Å². The van der Waals surface area contributed by atoms with E-state index in [0.717, 1.165) is 19.4 Å². The molecular formula is C21H26N4O6S2. The summed E-state index contributed by atoms with van der Waals surface area (Å²) in [5, 5.41) is 13.8. The SMILES string of the molecule is COc1cc(C=CC(=O)Nc2nnc(SCC(=O)NCC3CCCO3)s2)cc(OC)c1OC. The number of carbonyl (C=O) groups is 2. The van der Waals surface area contributed by atoms with E-state index in [9.17, 15) is 9.59 Å². The summed E-state index contributed by atoms with van der Waals surface area (Å²) < 4.78 is 22.0. The van der Waals surface area contributed by atoms with E-state index in [1.807, 2.05) is 0 Å². The van der Waals surface area contributed by atoms with E-state index in [4.69, 9.17) is 18.9 Å². The lowest BCUT2D eigenvalue weighted by atomic mass is 10.1. The van der Waals surface area contributed by atoms with Crippen LogP contribution in [-0.4, -0.2) is 68.3 Å². The van der Waals surface area contributed by atoms with Crippen molar-refractivity contribution in [1.82, 2.24) is 15.5 Å². The molecular weight excluding hydrogens is 468 g/mol. The van der Waals surface area contributed by atoms with E-state index in [1.165, 1.54) is 50.5 Å². The van der Waals surface area contributed by atoms with Gasteiger partial charge < -0.3 is 24.3 Å². The first-order valence-electron chi connectivity index (χ1n) is 10.2. The van der Waals surface area contributed by atoms with Crippen molar-refractivity contribution in [1.29, 1.82) is 0 Å². The number of benzene rings is 1. The molecule has 1 fully saturated rings. The minimum atomic E-state index is -0.370. The lowest BCUT2D eigenvalue weighted by Gasteiger charge is -2.12. The number of methoxy groups -OCH3 is 3. The molecule has 12 heteroatoms. The summed E-state index contributed by atoms with van der Waals surface area (Å²) in [6, 6.07) is 3.46. The maximum absolute atomic E-state index is 12.3. The van der Waals surface area contributed by atoms with E-state index in [0.29, 0.717) is 38.8 Å². The van der Waals surface area contributed by atoms with E-state index in [-0.39, 0.29) is 23.7 Å². The highest BCUT2D eigenvalue weighted by Crippen LogP contribution is 2.38. The van der Waals surface area contributed by atoms with Crippen LogP contribution in [0, 0.1) is 0 Å². The summed E-state index contributed by atoms with van der Waals surface area (Å²) in [7, 11) is 4.57. The summed E-state index contributed by atoms with van der Waals surface area (Å²) in [6.07, 6.45) is 5.10. The first-order valence-corrected chi connectivity index (χ1v) is 12.0. The Kier molecular flexibility index (Phi) is 9.34. The number of rotatable bonds is 11. The van der Waals surface area contributed by atoms with Crippen LogP contribution in [-0.2, 0) is 14.3 Å². The van der Waals surface area contributed by atoms with Gasteiger partial charge in [-0.15, -0.1) is 10.2 Å². The van der Waals surface area contributed by atoms with Crippen LogP contribution in [0.2, 0.25) is 0 Å². The number of aromatic nitrogens is 2. The Balaban J connectivity index is 1.49. The first kappa shape index (κ1) is 24.8. The van der Waals surface area contributed by atoms with Gasteiger partial charge in [0.1, 0.15) is 0 Å². The monoisotopic (exact) mass is 494 g/mol. The van der Waals surface area contributed by atoms with Gasteiger partial charge in [-0.05, 0) is 36.6 Å². The largest absolute Gasteiger partial charge is 0.493 e. The summed E-state index contributed by atoms with van der Waals surface area (Å²) >= 11 is 2.46. The molecule has 1 atom stereocenters. The van der Waals surface area contributed by atoms with E-state index in [1.54, 1.807) is 18.2 Å². The van der Waals surface area contributed by atoms with Gasteiger partial charge in [0.2, 0.25) is 22.7 Å². The van der Waals surface area contributed by atoms with E-state index < -0.39 is 0 Å². The first-order chi connectivity index (χ1) is 16.0. The highest BCUT2D eigenvalue weighted by Gasteiger charge is 2.17. The second-order valence-electron chi connectivity index (χ2n) is 6.88. The lowest BCUT2D eigenvalue weighted by Crippen LogP contribution is -2.32. The van der Waals surface area contributed by atoms with Gasteiger partial charge in [-0.2, -0.15) is 0 Å². The third kappa shape index (κ3) is 7.34. The molecule has 1 saturated heterocycles. The third-order valence-electron chi connectivity index (χ3n) is 4.63. The van der Waals surface area contributed by atoms with Crippen LogP contribution in [0.1, 0.15) is 18.4 Å². The number of carbonyl (C=O) groups excluding carboxylic acids is 2. The van der Waals surface area contributed by atoms with Crippen LogP contribution in [0.4, 0.5) is 5.13 Å². The molecule has 1 aromatic carbocycles. The van der Waals surface area contributed by atoms with Crippen molar-refractivity contribution in [2.75, 3.05) is 45.6 Å². The molecule has 0 spiro atoms. The quantitative estimate of drug-likeness (QED) is 0.276. The average molecular weight is 495 g/mol. The highest BCUT2D eigenvalue weighted by molar-refractivity contribution is 8.01. The van der Waals surface area contributed by atoms with Crippen molar-refractivity contribution in [2.24, 2.45) is 0 Å². The molecule has 0 bridgehead atoms.